The Morgan fingerprint density at radius 1 is 1.42 bits per heavy atom. The van der Waals surface area contributed by atoms with Crippen molar-refractivity contribution in [3.8, 4) is 0 Å². The van der Waals surface area contributed by atoms with Crippen molar-refractivity contribution in [3.05, 3.63) is 28.8 Å². The van der Waals surface area contributed by atoms with Gasteiger partial charge in [-0.2, -0.15) is 0 Å². The molecule has 1 amide bonds. The molecule has 1 aliphatic rings. The van der Waals surface area contributed by atoms with Gasteiger partial charge in [0.1, 0.15) is 0 Å². The molecule has 1 aromatic rings. The Labute approximate surface area is 118 Å². The highest BCUT2D eigenvalue weighted by molar-refractivity contribution is 6.31. The molecule has 1 fully saturated rings. The normalized spacial score (nSPS) is 14.8. The zero-order chi connectivity index (χ0) is 13.8. The number of aliphatic hydroxyl groups excluding tert-OH is 1. The largest absolute Gasteiger partial charge is 0.392 e. The summed E-state index contributed by atoms with van der Waals surface area (Å²) in [5.41, 5.74) is 1.58. The highest BCUT2D eigenvalue weighted by atomic mass is 35.5. The third-order valence-electron chi connectivity index (χ3n) is 3.48. The van der Waals surface area contributed by atoms with Crippen LogP contribution in [-0.2, 0) is 11.4 Å². The number of benzene rings is 1. The summed E-state index contributed by atoms with van der Waals surface area (Å²) in [7, 11) is 1.87. The molecule has 0 aliphatic carbocycles. The van der Waals surface area contributed by atoms with Gasteiger partial charge in [-0.15, -0.1) is 0 Å². The highest BCUT2D eigenvalue weighted by Crippen LogP contribution is 2.23. The van der Waals surface area contributed by atoms with Gasteiger partial charge in [0.15, 0.2) is 0 Å². The molecule has 0 unspecified atom stereocenters. The number of carbonyl (C=O) groups excluding carboxylic acids is 1. The Bertz CT molecular complexity index is 459. The van der Waals surface area contributed by atoms with Gasteiger partial charge in [-0.25, -0.2) is 0 Å². The molecule has 1 saturated heterocycles. The summed E-state index contributed by atoms with van der Waals surface area (Å²) in [6.45, 7) is 2.03. The fourth-order valence-electron chi connectivity index (χ4n) is 2.26. The SMILES string of the molecule is CN(CC(=O)N1CCCC1)c1ccc(CO)c(Cl)c1. The molecule has 2 rings (SSSR count). The second kappa shape index (κ2) is 6.26. The lowest BCUT2D eigenvalue weighted by atomic mass is 10.2. The lowest BCUT2D eigenvalue weighted by Gasteiger charge is -2.23. The Hall–Kier alpha value is -1.26. The van der Waals surface area contributed by atoms with Crippen LogP contribution in [0.5, 0.6) is 0 Å². The molecule has 0 saturated carbocycles. The van der Waals surface area contributed by atoms with Gasteiger partial charge in [0, 0.05) is 30.8 Å². The molecule has 19 heavy (non-hydrogen) atoms. The van der Waals surface area contributed by atoms with Crippen LogP contribution in [0.1, 0.15) is 18.4 Å². The summed E-state index contributed by atoms with van der Waals surface area (Å²) in [5.74, 6) is 0.155. The minimum atomic E-state index is -0.0739. The topological polar surface area (TPSA) is 43.8 Å². The van der Waals surface area contributed by atoms with E-state index in [2.05, 4.69) is 0 Å². The number of aliphatic hydroxyl groups is 1. The minimum Gasteiger partial charge on any atom is -0.392 e. The number of anilines is 1. The van der Waals surface area contributed by atoms with E-state index < -0.39 is 0 Å². The Morgan fingerprint density at radius 3 is 2.68 bits per heavy atom. The molecule has 4 nitrogen and oxygen atoms in total. The Balaban J connectivity index is 2.00. The van der Waals surface area contributed by atoms with Crippen LogP contribution in [0.2, 0.25) is 5.02 Å². The summed E-state index contributed by atoms with van der Waals surface area (Å²) in [6, 6.07) is 5.44. The van der Waals surface area contributed by atoms with Crippen LogP contribution in [0.15, 0.2) is 18.2 Å². The molecule has 0 atom stereocenters. The maximum Gasteiger partial charge on any atom is 0.242 e. The zero-order valence-electron chi connectivity index (χ0n) is 11.1. The van der Waals surface area contributed by atoms with E-state index in [4.69, 9.17) is 16.7 Å². The number of carbonyl (C=O) groups is 1. The predicted molar refractivity (Wildman–Crippen MR) is 76.5 cm³/mol. The highest BCUT2D eigenvalue weighted by Gasteiger charge is 2.19. The van der Waals surface area contributed by atoms with Crippen molar-refractivity contribution in [3.63, 3.8) is 0 Å². The quantitative estimate of drug-likeness (QED) is 0.917. The van der Waals surface area contributed by atoms with Crippen LogP contribution in [0.4, 0.5) is 5.69 Å². The van der Waals surface area contributed by atoms with Crippen molar-refractivity contribution >= 4 is 23.2 Å². The third kappa shape index (κ3) is 3.39. The number of nitrogens with zero attached hydrogens (tertiary/aromatic N) is 2. The van der Waals surface area contributed by atoms with Crippen molar-refractivity contribution < 1.29 is 9.90 Å². The molecular weight excluding hydrogens is 264 g/mol. The lowest BCUT2D eigenvalue weighted by Crippen LogP contribution is -2.37. The standard InChI is InChI=1S/C14H19ClN2O2/c1-16(9-14(19)17-6-2-3-7-17)12-5-4-11(10-18)13(15)8-12/h4-5,8,18H,2-3,6-7,9-10H2,1H3. The number of rotatable bonds is 4. The summed E-state index contributed by atoms with van der Waals surface area (Å²) in [6.07, 6.45) is 2.21. The van der Waals surface area contributed by atoms with E-state index >= 15 is 0 Å². The van der Waals surface area contributed by atoms with E-state index in [0.29, 0.717) is 17.1 Å². The van der Waals surface area contributed by atoms with E-state index in [1.165, 1.54) is 0 Å². The van der Waals surface area contributed by atoms with E-state index in [1.807, 2.05) is 22.9 Å². The molecule has 1 N–H and O–H groups in total. The molecule has 0 radical (unpaired) electrons. The van der Waals surface area contributed by atoms with Gasteiger partial charge in [0.25, 0.3) is 0 Å². The maximum absolute atomic E-state index is 12.0. The molecule has 0 aromatic heterocycles. The summed E-state index contributed by atoms with van der Waals surface area (Å²) in [5, 5.41) is 9.61. The first-order chi connectivity index (χ1) is 9.11. The molecule has 1 aromatic carbocycles. The van der Waals surface area contributed by atoms with Crippen molar-refractivity contribution in [1.29, 1.82) is 0 Å². The monoisotopic (exact) mass is 282 g/mol. The fourth-order valence-corrected chi connectivity index (χ4v) is 2.50. The third-order valence-corrected chi connectivity index (χ3v) is 3.83. The number of amides is 1. The van der Waals surface area contributed by atoms with Crippen LogP contribution in [0.3, 0.4) is 0 Å². The van der Waals surface area contributed by atoms with Crippen molar-refractivity contribution in [1.82, 2.24) is 4.90 Å². The van der Waals surface area contributed by atoms with Crippen LogP contribution in [0, 0.1) is 0 Å². The molecule has 1 heterocycles. The number of hydrogen-bond acceptors (Lipinski definition) is 3. The van der Waals surface area contributed by atoms with E-state index in [0.717, 1.165) is 31.6 Å². The van der Waals surface area contributed by atoms with Gasteiger partial charge < -0.3 is 14.9 Å². The molecular formula is C14H19ClN2O2. The Morgan fingerprint density at radius 2 is 2.11 bits per heavy atom. The lowest BCUT2D eigenvalue weighted by molar-refractivity contribution is -0.128. The molecule has 0 spiro atoms. The number of hydrogen-bond donors (Lipinski definition) is 1. The summed E-state index contributed by atoms with van der Waals surface area (Å²) >= 11 is 6.06. The van der Waals surface area contributed by atoms with Crippen molar-refractivity contribution in [2.45, 2.75) is 19.4 Å². The van der Waals surface area contributed by atoms with Crippen LogP contribution >= 0.6 is 11.6 Å². The van der Waals surface area contributed by atoms with Crippen molar-refractivity contribution in [2.24, 2.45) is 0 Å². The number of halogens is 1. The van der Waals surface area contributed by atoms with Gasteiger partial charge in [-0.3, -0.25) is 4.79 Å². The average Bonchev–Trinajstić information content (AvgIpc) is 2.92. The molecule has 104 valence electrons. The first kappa shape index (κ1) is 14.2. The predicted octanol–water partition coefficient (Wildman–Crippen LogP) is 1.89. The zero-order valence-corrected chi connectivity index (χ0v) is 11.9. The minimum absolute atomic E-state index is 0.0739. The van der Waals surface area contributed by atoms with Gasteiger partial charge >= 0.3 is 0 Å². The van der Waals surface area contributed by atoms with Crippen LogP contribution in [-0.4, -0.2) is 42.6 Å². The first-order valence-corrected chi connectivity index (χ1v) is 6.88. The van der Waals surface area contributed by atoms with Gasteiger partial charge in [0.05, 0.1) is 13.2 Å². The van der Waals surface area contributed by atoms with Gasteiger partial charge in [-0.05, 0) is 30.5 Å². The first-order valence-electron chi connectivity index (χ1n) is 6.50. The van der Waals surface area contributed by atoms with Gasteiger partial charge in [0.2, 0.25) is 5.91 Å². The fraction of sp³-hybridized carbons (Fsp3) is 0.500. The van der Waals surface area contributed by atoms with Crippen LogP contribution in [0.25, 0.3) is 0 Å². The van der Waals surface area contributed by atoms with Gasteiger partial charge in [-0.1, -0.05) is 17.7 Å². The molecule has 0 bridgehead atoms. The van der Waals surface area contributed by atoms with Crippen molar-refractivity contribution in [2.75, 3.05) is 31.6 Å². The summed E-state index contributed by atoms with van der Waals surface area (Å²) < 4.78 is 0. The van der Waals surface area contributed by atoms with E-state index in [9.17, 15) is 4.79 Å². The van der Waals surface area contributed by atoms with E-state index in [-0.39, 0.29) is 12.5 Å². The molecule has 5 heteroatoms. The number of likely N-dealkylation sites (tertiary alicyclic amines) is 1. The average molecular weight is 283 g/mol. The Kier molecular flexibility index (Phi) is 4.66. The van der Waals surface area contributed by atoms with E-state index in [1.54, 1.807) is 12.1 Å². The second-order valence-electron chi connectivity index (χ2n) is 4.88. The second-order valence-corrected chi connectivity index (χ2v) is 5.28. The number of likely N-dealkylation sites (N-methyl/N-ethyl adjacent to an activating group) is 1. The van der Waals surface area contributed by atoms with Crippen LogP contribution < -0.4 is 4.90 Å². The maximum atomic E-state index is 12.0. The molecule has 1 aliphatic heterocycles. The smallest absolute Gasteiger partial charge is 0.242 e. The summed E-state index contributed by atoms with van der Waals surface area (Å²) in [4.78, 5) is 15.8.